The van der Waals surface area contributed by atoms with E-state index in [4.69, 9.17) is 19.7 Å². The number of hydrogen-bond acceptors (Lipinski definition) is 9. The van der Waals surface area contributed by atoms with Gasteiger partial charge in [-0.3, -0.25) is 9.69 Å². The first-order chi connectivity index (χ1) is 24.1. The Bertz CT molecular complexity index is 2000. The minimum absolute atomic E-state index is 0.00988. The summed E-state index contributed by atoms with van der Waals surface area (Å²) in [5.41, 5.74) is 2.36. The van der Waals surface area contributed by atoms with Gasteiger partial charge in [-0.25, -0.2) is 9.37 Å². The summed E-state index contributed by atoms with van der Waals surface area (Å²) in [5, 5.41) is 19.4. The highest BCUT2D eigenvalue weighted by Crippen LogP contribution is 2.33. The molecule has 4 aromatic rings. The van der Waals surface area contributed by atoms with Gasteiger partial charge in [-0.1, -0.05) is 30.4 Å². The number of nitrogens with zero attached hydrogens (tertiary/aromatic N) is 6. The van der Waals surface area contributed by atoms with E-state index in [1.54, 1.807) is 32.0 Å². The molecule has 2 aliphatic heterocycles. The van der Waals surface area contributed by atoms with Crippen molar-refractivity contribution in [2.75, 3.05) is 37.7 Å². The first-order valence-electron chi connectivity index (χ1n) is 17.3. The van der Waals surface area contributed by atoms with Gasteiger partial charge in [0.2, 0.25) is 5.88 Å². The van der Waals surface area contributed by atoms with E-state index in [0.717, 1.165) is 81.1 Å². The minimum Gasteiger partial charge on any atom is -0.473 e. The fraction of sp³-hybridized carbons (Fsp3) is 0.436. The van der Waals surface area contributed by atoms with Crippen LogP contribution in [0, 0.1) is 34.9 Å². The fourth-order valence-corrected chi connectivity index (χ4v) is 6.47. The van der Waals surface area contributed by atoms with E-state index in [0.29, 0.717) is 35.7 Å². The Kier molecular flexibility index (Phi) is 9.56. The highest BCUT2D eigenvalue weighted by Gasteiger charge is 2.29. The molecule has 0 radical (unpaired) electrons. The molecule has 1 saturated carbocycles. The summed E-state index contributed by atoms with van der Waals surface area (Å²) in [5.74, 6) is 7.90. The van der Waals surface area contributed by atoms with Crippen molar-refractivity contribution in [3.8, 4) is 23.8 Å². The number of halogens is 1. The molecule has 0 amide bonds. The smallest absolute Gasteiger partial charge is 0.215 e. The Morgan fingerprint density at radius 3 is 2.56 bits per heavy atom. The Labute approximate surface area is 291 Å². The third-order valence-electron chi connectivity index (χ3n) is 9.70. The summed E-state index contributed by atoms with van der Waals surface area (Å²) in [6.45, 7) is 8.37. The zero-order valence-corrected chi connectivity index (χ0v) is 28.5. The van der Waals surface area contributed by atoms with Gasteiger partial charge in [0.15, 0.2) is 5.78 Å². The molecule has 0 bridgehead atoms. The van der Waals surface area contributed by atoms with Crippen LogP contribution in [0.15, 0.2) is 48.5 Å². The molecule has 0 spiro atoms. The Morgan fingerprint density at radius 2 is 1.90 bits per heavy atom. The van der Waals surface area contributed by atoms with Crippen molar-refractivity contribution in [3.05, 3.63) is 82.4 Å². The number of fused-ring (bicyclic) bond motifs is 1. The van der Waals surface area contributed by atoms with E-state index in [2.05, 4.69) is 31.2 Å². The number of hydrogen-bond donors (Lipinski definition) is 1. The van der Waals surface area contributed by atoms with Gasteiger partial charge in [0.25, 0.3) is 0 Å². The highest BCUT2D eigenvalue weighted by atomic mass is 19.1. The van der Waals surface area contributed by atoms with Crippen molar-refractivity contribution in [2.45, 2.75) is 70.9 Å². The second-order valence-electron chi connectivity index (χ2n) is 13.9. The van der Waals surface area contributed by atoms with Crippen LogP contribution in [-0.2, 0) is 24.4 Å². The van der Waals surface area contributed by atoms with E-state index in [1.165, 1.54) is 6.07 Å². The SMILES string of the molecule is CC(C)(O)C#Cc1cc(C(=O)C2CCC2)cc2c1nc(CN1CCN(c3cccc(OCc4ccc(C#N)cc4F)n3)CC1)n2C[C@@H]1CCO1. The molecule has 3 fully saturated rings. The Morgan fingerprint density at radius 1 is 1.10 bits per heavy atom. The van der Waals surface area contributed by atoms with E-state index < -0.39 is 11.4 Å². The number of benzene rings is 2. The van der Waals surface area contributed by atoms with E-state index in [-0.39, 0.29) is 30.0 Å². The molecule has 3 aliphatic rings. The molecule has 1 aliphatic carbocycles. The molecule has 11 heteroatoms. The van der Waals surface area contributed by atoms with Crippen LogP contribution in [0.25, 0.3) is 11.0 Å². The molecule has 258 valence electrons. The lowest BCUT2D eigenvalue weighted by atomic mass is 9.79. The summed E-state index contributed by atoms with van der Waals surface area (Å²) >= 11 is 0. The maximum absolute atomic E-state index is 14.4. The Hall–Kier alpha value is -4.81. The first kappa shape index (κ1) is 33.7. The van der Waals surface area contributed by atoms with Crippen molar-refractivity contribution < 1.29 is 23.8 Å². The van der Waals surface area contributed by atoms with Gasteiger partial charge in [-0.2, -0.15) is 10.2 Å². The lowest BCUT2D eigenvalue weighted by Gasteiger charge is -2.35. The molecule has 0 unspecified atom stereocenters. The average molecular weight is 677 g/mol. The number of imidazole rings is 1. The number of anilines is 1. The summed E-state index contributed by atoms with van der Waals surface area (Å²) in [4.78, 5) is 27.8. The molecule has 2 aromatic heterocycles. The van der Waals surface area contributed by atoms with Gasteiger partial charge >= 0.3 is 0 Å². The second kappa shape index (κ2) is 14.2. The Balaban J connectivity index is 1.08. The van der Waals surface area contributed by atoms with Gasteiger partial charge in [0.05, 0.1) is 41.9 Å². The van der Waals surface area contributed by atoms with Gasteiger partial charge in [0, 0.05) is 55.9 Å². The van der Waals surface area contributed by atoms with Crippen LogP contribution >= 0.6 is 0 Å². The number of nitriles is 1. The van der Waals surface area contributed by atoms with E-state index >= 15 is 0 Å². The van der Waals surface area contributed by atoms with Crippen LogP contribution in [0.4, 0.5) is 10.2 Å². The minimum atomic E-state index is -1.19. The number of rotatable bonds is 10. The number of aromatic nitrogens is 3. The van der Waals surface area contributed by atoms with Crippen molar-refractivity contribution in [1.82, 2.24) is 19.4 Å². The third-order valence-corrected chi connectivity index (χ3v) is 9.70. The largest absolute Gasteiger partial charge is 0.473 e. The molecular weight excluding hydrogens is 635 g/mol. The monoisotopic (exact) mass is 676 g/mol. The van der Waals surface area contributed by atoms with E-state index in [1.807, 2.05) is 30.3 Å². The number of aliphatic hydroxyl groups is 1. The van der Waals surface area contributed by atoms with Crippen molar-refractivity contribution >= 4 is 22.6 Å². The standard InChI is InChI=1S/C39H41FN6O4/c1-39(2,48)13-11-28-20-30(38(47)27-5-3-6-27)21-33-37(28)43-35(46(33)23-31-12-18-49-31)24-44-14-16-45(17-15-44)34-7-4-8-36(42-34)50-25-29-10-9-26(22-41)19-32(29)40/h4,7-10,19-21,27,31,48H,3,5-6,12,14-18,23-25H2,1-2H3/t31-/m0/s1. The summed E-state index contributed by atoms with van der Waals surface area (Å²) in [7, 11) is 0. The second-order valence-corrected chi connectivity index (χ2v) is 13.9. The van der Waals surface area contributed by atoms with Crippen LogP contribution in [0.1, 0.15) is 72.4 Å². The predicted molar refractivity (Wildman–Crippen MR) is 186 cm³/mol. The topological polar surface area (TPSA) is 117 Å². The maximum Gasteiger partial charge on any atom is 0.215 e. The van der Waals surface area contributed by atoms with Gasteiger partial charge in [0.1, 0.15) is 35.2 Å². The van der Waals surface area contributed by atoms with Gasteiger partial charge < -0.3 is 24.0 Å². The molecule has 1 N–H and O–H groups in total. The van der Waals surface area contributed by atoms with Crippen LogP contribution in [0.2, 0.25) is 0 Å². The zero-order valence-electron chi connectivity index (χ0n) is 28.5. The van der Waals surface area contributed by atoms with Crippen molar-refractivity contribution in [1.29, 1.82) is 5.26 Å². The van der Waals surface area contributed by atoms with Crippen LogP contribution < -0.4 is 9.64 Å². The van der Waals surface area contributed by atoms with Crippen LogP contribution in [0.3, 0.4) is 0 Å². The quantitative estimate of drug-likeness (QED) is 0.178. The van der Waals surface area contributed by atoms with Crippen LogP contribution in [-0.4, -0.2) is 74.8 Å². The molecule has 7 rings (SSSR count). The first-order valence-corrected chi connectivity index (χ1v) is 17.3. The number of carbonyl (C=O) groups excluding carboxylic acids is 1. The van der Waals surface area contributed by atoms with Gasteiger partial charge in [-0.05, 0) is 63.4 Å². The highest BCUT2D eigenvalue weighted by molar-refractivity contribution is 6.02. The molecule has 2 saturated heterocycles. The maximum atomic E-state index is 14.4. The molecular formula is C39H41FN6O4. The number of pyridine rings is 1. The number of carbonyl (C=O) groups is 1. The lowest BCUT2D eigenvalue weighted by molar-refractivity contribution is -0.0592. The predicted octanol–water partition coefficient (Wildman–Crippen LogP) is 5.24. The molecule has 4 heterocycles. The average Bonchev–Trinajstić information content (AvgIpc) is 3.40. The number of Topliss-reactive ketones (excluding diaryl/α,β-unsaturated/α-hetero) is 1. The number of ketones is 1. The molecule has 2 aromatic carbocycles. The van der Waals surface area contributed by atoms with Gasteiger partial charge in [-0.15, -0.1) is 0 Å². The number of ether oxygens (including phenoxy) is 2. The summed E-state index contributed by atoms with van der Waals surface area (Å²) in [6, 6.07) is 15.7. The number of piperazine rings is 1. The normalized spacial score (nSPS) is 18.1. The zero-order chi connectivity index (χ0) is 34.8. The van der Waals surface area contributed by atoms with Crippen molar-refractivity contribution in [2.24, 2.45) is 5.92 Å². The fourth-order valence-electron chi connectivity index (χ4n) is 6.47. The van der Waals surface area contributed by atoms with Crippen molar-refractivity contribution in [3.63, 3.8) is 0 Å². The third kappa shape index (κ3) is 7.51. The molecule has 10 nitrogen and oxygen atoms in total. The van der Waals surface area contributed by atoms with E-state index in [9.17, 15) is 14.3 Å². The molecule has 50 heavy (non-hydrogen) atoms. The summed E-state index contributed by atoms with van der Waals surface area (Å²) < 4.78 is 28.2. The summed E-state index contributed by atoms with van der Waals surface area (Å²) in [6.07, 6.45) is 3.98. The van der Waals surface area contributed by atoms with Crippen LogP contribution in [0.5, 0.6) is 5.88 Å². The lowest BCUT2D eigenvalue weighted by Crippen LogP contribution is -2.46. The molecule has 1 atom stereocenters.